The monoisotopic (exact) mass is 250 g/mol. The Morgan fingerprint density at radius 2 is 1.72 bits per heavy atom. The minimum atomic E-state index is -0.804. The van der Waals surface area contributed by atoms with Crippen LogP contribution in [0.5, 0.6) is 0 Å². The zero-order chi connectivity index (χ0) is 13.1. The Kier molecular flexibility index (Phi) is 3.91. The van der Waals surface area contributed by atoms with Gasteiger partial charge in [-0.25, -0.2) is 0 Å². The van der Waals surface area contributed by atoms with Gasteiger partial charge < -0.3 is 10.4 Å². The molecule has 0 atom stereocenters. The van der Waals surface area contributed by atoms with Crippen molar-refractivity contribution in [3.05, 3.63) is 0 Å². The summed E-state index contributed by atoms with van der Waals surface area (Å²) in [5, 5.41) is 22.3. The second-order valence-electron chi connectivity index (χ2n) is 5.87. The fraction of sp³-hybridized carbons (Fsp3) is 0.857. The van der Waals surface area contributed by atoms with Gasteiger partial charge in [0, 0.05) is 6.54 Å². The Morgan fingerprint density at radius 3 is 2.17 bits per heavy atom. The van der Waals surface area contributed by atoms with Crippen LogP contribution in [0.25, 0.3) is 0 Å². The summed E-state index contributed by atoms with van der Waals surface area (Å²) in [5.41, 5.74) is -1.56. The number of carbonyl (C=O) groups is 1. The van der Waals surface area contributed by atoms with Crippen LogP contribution >= 0.6 is 0 Å². The number of hydrogen-bond donors (Lipinski definition) is 2. The molecule has 2 rings (SSSR count). The van der Waals surface area contributed by atoms with E-state index in [9.17, 15) is 9.90 Å². The van der Waals surface area contributed by atoms with Gasteiger partial charge in [-0.2, -0.15) is 5.26 Å². The number of carbonyl (C=O) groups excluding carboxylic acids is 1. The number of aliphatic hydroxyl groups is 1. The predicted molar refractivity (Wildman–Crippen MR) is 67.6 cm³/mol. The van der Waals surface area contributed by atoms with Gasteiger partial charge in [0.2, 0.25) is 5.91 Å². The van der Waals surface area contributed by atoms with Crippen molar-refractivity contribution < 1.29 is 9.90 Å². The number of nitrogens with zero attached hydrogens (tertiary/aromatic N) is 1. The molecule has 2 aliphatic rings. The normalized spacial score (nSPS) is 25.3. The topological polar surface area (TPSA) is 73.1 Å². The minimum absolute atomic E-state index is 0.186. The maximum atomic E-state index is 12.0. The number of rotatable bonds is 3. The summed E-state index contributed by atoms with van der Waals surface area (Å²) < 4.78 is 0. The van der Waals surface area contributed by atoms with Gasteiger partial charge in [0.15, 0.2) is 0 Å². The van der Waals surface area contributed by atoms with E-state index in [1.54, 1.807) is 0 Å². The van der Waals surface area contributed by atoms with Crippen molar-refractivity contribution >= 4 is 5.91 Å². The molecule has 1 amide bonds. The summed E-state index contributed by atoms with van der Waals surface area (Å²) in [6.45, 7) is 0.301. The standard InChI is InChI=1S/C14H22N2O2/c15-10-13(6-5-7-13)12(17)16-11-14(18)8-3-1-2-4-9-14/h18H,1-9,11H2,(H,16,17). The van der Waals surface area contributed by atoms with Crippen molar-refractivity contribution in [1.82, 2.24) is 5.32 Å². The van der Waals surface area contributed by atoms with E-state index < -0.39 is 11.0 Å². The summed E-state index contributed by atoms with van der Waals surface area (Å²) >= 11 is 0. The molecule has 4 heteroatoms. The third-order valence-corrected chi connectivity index (χ3v) is 4.47. The molecule has 0 aliphatic heterocycles. The first-order chi connectivity index (χ1) is 8.60. The van der Waals surface area contributed by atoms with Crippen LogP contribution in [0.3, 0.4) is 0 Å². The summed E-state index contributed by atoms with van der Waals surface area (Å²) in [6.07, 6.45) is 8.16. The Labute approximate surface area is 108 Å². The van der Waals surface area contributed by atoms with Crippen LogP contribution in [0, 0.1) is 16.7 Å². The second kappa shape index (κ2) is 5.27. The predicted octanol–water partition coefficient (Wildman–Crippen LogP) is 1.88. The molecule has 0 unspecified atom stereocenters. The van der Waals surface area contributed by atoms with Crippen molar-refractivity contribution in [2.24, 2.45) is 5.41 Å². The lowest BCUT2D eigenvalue weighted by atomic mass is 9.69. The summed E-state index contributed by atoms with van der Waals surface area (Å²) in [4.78, 5) is 12.0. The van der Waals surface area contributed by atoms with Gasteiger partial charge in [-0.1, -0.05) is 25.7 Å². The molecule has 0 saturated heterocycles. The third kappa shape index (κ3) is 2.67. The van der Waals surface area contributed by atoms with Gasteiger partial charge in [0.05, 0.1) is 11.7 Å². The average Bonchev–Trinajstić information content (AvgIpc) is 2.52. The van der Waals surface area contributed by atoms with E-state index in [0.717, 1.165) is 32.1 Å². The Bertz CT molecular complexity index is 347. The molecular weight excluding hydrogens is 228 g/mol. The van der Waals surface area contributed by atoms with Gasteiger partial charge in [-0.3, -0.25) is 4.79 Å². The largest absolute Gasteiger partial charge is 0.388 e. The number of nitrogens with one attached hydrogen (secondary N) is 1. The molecule has 0 aromatic heterocycles. The molecule has 0 bridgehead atoms. The maximum Gasteiger partial charge on any atom is 0.240 e. The van der Waals surface area contributed by atoms with Gasteiger partial charge in [-0.05, 0) is 32.1 Å². The van der Waals surface area contributed by atoms with Crippen LogP contribution in [0.4, 0.5) is 0 Å². The third-order valence-electron chi connectivity index (χ3n) is 4.47. The zero-order valence-electron chi connectivity index (χ0n) is 10.9. The van der Waals surface area contributed by atoms with Crippen molar-refractivity contribution in [1.29, 1.82) is 5.26 Å². The van der Waals surface area contributed by atoms with E-state index in [0.29, 0.717) is 19.4 Å². The van der Waals surface area contributed by atoms with Crippen LogP contribution < -0.4 is 5.32 Å². The van der Waals surface area contributed by atoms with Crippen LogP contribution in [0.1, 0.15) is 57.8 Å². The quantitative estimate of drug-likeness (QED) is 0.751. The highest BCUT2D eigenvalue weighted by atomic mass is 16.3. The van der Waals surface area contributed by atoms with Crippen molar-refractivity contribution in [2.45, 2.75) is 63.4 Å². The zero-order valence-corrected chi connectivity index (χ0v) is 10.9. The first-order valence-corrected chi connectivity index (χ1v) is 7.02. The molecular formula is C14H22N2O2. The lowest BCUT2D eigenvalue weighted by Crippen LogP contribution is -2.50. The van der Waals surface area contributed by atoms with Crippen LogP contribution in [-0.2, 0) is 4.79 Å². The molecule has 0 aromatic carbocycles. The first-order valence-electron chi connectivity index (χ1n) is 7.02. The highest BCUT2D eigenvalue weighted by Crippen LogP contribution is 2.40. The van der Waals surface area contributed by atoms with Crippen molar-refractivity contribution in [2.75, 3.05) is 6.54 Å². The van der Waals surface area contributed by atoms with E-state index in [2.05, 4.69) is 11.4 Å². The minimum Gasteiger partial charge on any atom is -0.388 e. The van der Waals surface area contributed by atoms with E-state index in [1.807, 2.05) is 0 Å². The molecule has 2 saturated carbocycles. The second-order valence-corrected chi connectivity index (χ2v) is 5.87. The lowest BCUT2D eigenvalue weighted by molar-refractivity contribution is -0.133. The fourth-order valence-electron chi connectivity index (χ4n) is 2.90. The first kappa shape index (κ1) is 13.4. The van der Waals surface area contributed by atoms with Crippen LogP contribution in [0.15, 0.2) is 0 Å². The Hall–Kier alpha value is -1.08. The van der Waals surface area contributed by atoms with E-state index in [-0.39, 0.29) is 5.91 Å². The van der Waals surface area contributed by atoms with Gasteiger partial charge in [-0.15, -0.1) is 0 Å². The molecule has 18 heavy (non-hydrogen) atoms. The molecule has 0 radical (unpaired) electrons. The molecule has 2 fully saturated rings. The number of nitriles is 1. The fourth-order valence-corrected chi connectivity index (χ4v) is 2.90. The highest BCUT2D eigenvalue weighted by Gasteiger charge is 2.45. The SMILES string of the molecule is N#CC1(C(=O)NCC2(O)CCCCCC2)CCC1. The Balaban J connectivity index is 1.87. The summed E-state index contributed by atoms with van der Waals surface area (Å²) in [7, 11) is 0. The molecule has 0 heterocycles. The van der Waals surface area contributed by atoms with Crippen LogP contribution in [0.2, 0.25) is 0 Å². The molecule has 2 aliphatic carbocycles. The Morgan fingerprint density at radius 1 is 1.11 bits per heavy atom. The average molecular weight is 250 g/mol. The summed E-state index contributed by atoms with van der Waals surface area (Å²) in [6, 6.07) is 2.13. The van der Waals surface area contributed by atoms with Crippen molar-refractivity contribution in [3.8, 4) is 6.07 Å². The molecule has 0 spiro atoms. The molecule has 0 aromatic rings. The van der Waals surface area contributed by atoms with Gasteiger partial charge >= 0.3 is 0 Å². The van der Waals surface area contributed by atoms with Crippen molar-refractivity contribution in [3.63, 3.8) is 0 Å². The summed E-state index contributed by atoms with van der Waals surface area (Å²) in [5.74, 6) is -0.186. The van der Waals surface area contributed by atoms with E-state index in [4.69, 9.17) is 5.26 Å². The number of hydrogen-bond acceptors (Lipinski definition) is 3. The molecule has 4 nitrogen and oxygen atoms in total. The van der Waals surface area contributed by atoms with E-state index in [1.165, 1.54) is 12.8 Å². The lowest BCUT2D eigenvalue weighted by Gasteiger charge is -2.35. The van der Waals surface area contributed by atoms with E-state index >= 15 is 0 Å². The molecule has 100 valence electrons. The highest BCUT2D eigenvalue weighted by molar-refractivity contribution is 5.86. The molecule has 2 N–H and O–H groups in total. The van der Waals surface area contributed by atoms with Crippen LogP contribution in [-0.4, -0.2) is 23.2 Å². The smallest absolute Gasteiger partial charge is 0.240 e. The van der Waals surface area contributed by atoms with Gasteiger partial charge in [0.25, 0.3) is 0 Å². The maximum absolute atomic E-state index is 12.0. The number of amides is 1. The van der Waals surface area contributed by atoms with Gasteiger partial charge in [0.1, 0.15) is 5.41 Å².